The number of carboxylic acids is 1. The zero-order valence-electron chi connectivity index (χ0n) is 9.53. The molecule has 0 saturated heterocycles. The fourth-order valence-corrected chi connectivity index (χ4v) is 1.19. The van der Waals surface area contributed by atoms with E-state index < -0.39 is 5.97 Å². The molecule has 1 aromatic carbocycles. The Labute approximate surface area is 90.9 Å². The standard InChI is InChI=1S/C10H15N.C2H4O2/c1-8(2)6-9-4-3-5-10(11)7-9;1-2(3)4/h3-5,7-8H,6,11H2,1-2H3;1H3,(H,3,4). The Morgan fingerprint density at radius 1 is 1.47 bits per heavy atom. The van der Waals surface area contributed by atoms with Crippen LogP contribution >= 0.6 is 0 Å². The first-order chi connectivity index (χ1) is 6.91. The molecule has 0 saturated carbocycles. The monoisotopic (exact) mass is 209 g/mol. The van der Waals surface area contributed by atoms with Gasteiger partial charge in [-0.05, 0) is 30.0 Å². The Bertz CT molecular complexity index is 304. The summed E-state index contributed by atoms with van der Waals surface area (Å²) in [6.45, 7) is 5.51. The average molecular weight is 209 g/mol. The van der Waals surface area contributed by atoms with Gasteiger partial charge in [0.25, 0.3) is 5.97 Å². The summed E-state index contributed by atoms with van der Waals surface area (Å²) < 4.78 is 0. The molecule has 0 aliphatic heterocycles. The minimum absolute atomic E-state index is 0.705. The second-order valence-corrected chi connectivity index (χ2v) is 3.86. The summed E-state index contributed by atoms with van der Waals surface area (Å²) >= 11 is 0. The van der Waals surface area contributed by atoms with Crippen LogP contribution in [0.5, 0.6) is 0 Å². The molecule has 0 unspecified atom stereocenters. The van der Waals surface area contributed by atoms with Crippen molar-refractivity contribution in [2.24, 2.45) is 5.92 Å². The van der Waals surface area contributed by atoms with Gasteiger partial charge in [-0.15, -0.1) is 0 Å². The number of anilines is 1. The number of rotatable bonds is 2. The highest BCUT2D eigenvalue weighted by atomic mass is 16.4. The molecule has 0 atom stereocenters. The lowest BCUT2D eigenvalue weighted by molar-refractivity contribution is -0.134. The van der Waals surface area contributed by atoms with E-state index in [0.29, 0.717) is 5.92 Å². The SMILES string of the molecule is CC(=O)O.CC(C)Cc1cccc(N)c1. The largest absolute Gasteiger partial charge is 0.481 e. The maximum Gasteiger partial charge on any atom is 0.300 e. The summed E-state index contributed by atoms with van der Waals surface area (Å²) in [5.41, 5.74) is 7.83. The molecule has 0 spiro atoms. The van der Waals surface area contributed by atoms with Crippen molar-refractivity contribution in [3.05, 3.63) is 29.8 Å². The van der Waals surface area contributed by atoms with E-state index in [1.54, 1.807) is 0 Å². The van der Waals surface area contributed by atoms with Crippen molar-refractivity contribution in [3.8, 4) is 0 Å². The van der Waals surface area contributed by atoms with E-state index in [0.717, 1.165) is 19.0 Å². The van der Waals surface area contributed by atoms with Crippen LogP contribution in [0.2, 0.25) is 0 Å². The number of carboxylic acid groups (broad SMARTS) is 1. The van der Waals surface area contributed by atoms with Gasteiger partial charge in [0.15, 0.2) is 0 Å². The second-order valence-electron chi connectivity index (χ2n) is 3.86. The topological polar surface area (TPSA) is 63.3 Å². The van der Waals surface area contributed by atoms with Crippen LogP contribution in [0.3, 0.4) is 0 Å². The molecule has 0 fully saturated rings. The van der Waals surface area contributed by atoms with Crippen LogP contribution in [0.15, 0.2) is 24.3 Å². The Balaban J connectivity index is 0.000000423. The molecule has 3 N–H and O–H groups in total. The van der Waals surface area contributed by atoms with Crippen LogP contribution < -0.4 is 5.73 Å². The van der Waals surface area contributed by atoms with Crippen LogP contribution in [-0.2, 0) is 11.2 Å². The summed E-state index contributed by atoms with van der Waals surface area (Å²) in [5.74, 6) is -0.128. The minimum atomic E-state index is -0.833. The van der Waals surface area contributed by atoms with Crippen molar-refractivity contribution in [1.82, 2.24) is 0 Å². The van der Waals surface area contributed by atoms with E-state index in [-0.39, 0.29) is 0 Å². The van der Waals surface area contributed by atoms with Crippen LogP contribution in [0.25, 0.3) is 0 Å². The highest BCUT2D eigenvalue weighted by molar-refractivity contribution is 5.62. The molecule has 0 aliphatic rings. The third-order valence-electron chi connectivity index (χ3n) is 1.59. The summed E-state index contributed by atoms with van der Waals surface area (Å²) in [6, 6.07) is 8.09. The van der Waals surface area contributed by atoms with Crippen LogP contribution in [-0.4, -0.2) is 11.1 Å². The Hall–Kier alpha value is -1.51. The van der Waals surface area contributed by atoms with Crippen molar-refractivity contribution in [3.63, 3.8) is 0 Å². The van der Waals surface area contributed by atoms with Crippen molar-refractivity contribution in [2.75, 3.05) is 5.73 Å². The highest BCUT2D eigenvalue weighted by Crippen LogP contribution is 2.10. The van der Waals surface area contributed by atoms with E-state index >= 15 is 0 Å². The first-order valence-corrected chi connectivity index (χ1v) is 4.95. The molecule has 0 amide bonds. The summed E-state index contributed by atoms with van der Waals surface area (Å²) in [6.07, 6.45) is 1.12. The van der Waals surface area contributed by atoms with Gasteiger partial charge in [-0.2, -0.15) is 0 Å². The number of nitrogen functional groups attached to an aromatic ring is 1. The van der Waals surface area contributed by atoms with E-state index in [4.69, 9.17) is 15.6 Å². The third kappa shape index (κ3) is 8.81. The lowest BCUT2D eigenvalue weighted by Gasteiger charge is -2.04. The molecule has 3 nitrogen and oxygen atoms in total. The minimum Gasteiger partial charge on any atom is -0.481 e. The van der Waals surface area contributed by atoms with Crippen molar-refractivity contribution in [2.45, 2.75) is 27.2 Å². The molecule has 0 aromatic heterocycles. The van der Waals surface area contributed by atoms with Crippen LogP contribution in [0.4, 0.5) is 5.69 Å². The van der Waals surface area contributed by atoms with Crippen molar-refractivity contribution in [1.29, 1.82) is 0 Å². The Morgan fingerprint density at radius 3 is 2.40 bits per heavy atom. The van der Waals surface area contributed by atoms with Gasteiger partial charge in [0.2, 0.25) is 0 Å². The van der Waals surface area contributed by atoms with Crippen molar-refractivity contribution >= 4 is 11.7 Å². The number of hydrogen-bond donors (Lipinski definition) is 2. The fraction of sp³-hybridized carbons (Fsp3) is 0.417. The second kappa shape index (κ2) is 6.87. The lowest BCUT2D eigenvalue weighted by atomic mass is 10.0. The maximum atomic E-state index is 9.00. The number of nitrogens with two attached hydrogens (primary N) is 1. The average Bonchev–Trinajstić information content (AvgIpc) is 2.00. The van der Waals surface area contributed by atoms with Gasteiger partial charge in [-0.1, -0.05) is 26.0 Å². The molecule has 0 bridgehead atoms. The first kappa shape index (κ1) is 13.5. The molecule has 0 radical (unpaired) electrons. The summed E-state index contributed by atoms with van der Waals surface area (Å²) in [7, 11) is 0. The van der Waals surface area contributed by atoms with Crippen LogP contribution in [0.1, 0.15) is 26.3 Å². The molecule has 3 heteroatoms. The number of aliphatic carboxylic acids is 1. The van der Waals surface area contributed by atoms with Gasteiger partial charge < -0.3 is 10.8 Å². The summed E-state index contributed by atoms with van der Waals surface area (Å²) in [4.78, 5) is 9.00. The van der Waals surface area contributed by atoms with Gasteiger partial charge in [-0.3, -0.25) is 4.79 Å². The predicted molar refractivity (Wildman–Crippen MR) is 62.7 cm³/mol. The molecule has 1 rings (SSSR count). The molecule has 1 aromatic rings. The lowest BCUT2D eigenvalue weighted by Crippen LogP contribution is -1.94. The molecule has 15 heavy (non-hydrogen) atoms. The van der Waals surface area contributed by atoms with E-state index in [1.165, 1.54) is 5.56 Å². The summed E-state index contributed by atoms with van der Waals surface area (Å²) in [5, 5.41) is 7.42. The molecule has 0 aliphatic carbocycles. The van der Waals surface area contributed by atoms with E-state index in [2.05, 4.69) is 19.9 Å². The normalized spacial score (nSPS) is 9.33. The van der Waals surface area contributed by atoms with Crippen LogP contribution in [0, 0.1) is 5.92 Å². The van der Waals surface area contributed by atoms with Gasteiger partial charge in [0, 0.05) is 12.6 Å². The molecule has 0 heterocycles. The molecular weight excluding hydrogens is 190 g/mol. The first-order valence-electron chi connectivity index (χ1n) is 4.95. The third-order valence-corrected chi connectivity index (χ3v) is 1.59. The quantitative estimate of drug-likeness (QED) is 0.736. The Morgan fingerprint density at radius 2 is 2.00 bits per heavy atom. The van der Waals surface area contributed by atoms with Gasteiger partial charge in [0.1, 0.15) is 0 Å². The highest BCUT2D eigenvalue weighted by Gasteiger charge is 1.96. The number of hydrogen-bond acceptors (Lipinski definition) is 2. The predicted octanol–water partition coefficient (Wildman–Crippen LogP) is 2.56. The zero-order valence-corrected chi connectivity index (χ0v) is 9.53. The van der Waals surface area contributed by atoms with E-state index in [9.17, 15) is 0 Å². The van der Waals surface area contributed by atoms with E-state index in [1.807, 2.05) is 18.2 Å². The molecule has 84 valence electrons. The smallest absolute Gasteiger partial charge is 0.300 e. The van der Waals surface area contributed by atoms with Gasteiger partial charge >= 0.3 is 0 Å². The molecular formula is C12H19NO2. The zero-order chi connectivity index (χ0) is 11.8. The number of carbonyl (C=O) groups is 1. The fourth-order valence-electron chi connectivity index (χ4n) is 1.19. The van der Waals surface area contributed by atoms with Gasteiger partial charge in [-0.25, -0.2) is 0 Å². The number of benzene rings is 1. The maximum absolute atomic E-state index is 9.00. The Kier molecular flexibility index (Phi) is 6.18. The van der Waals surface area contributed by atoms with Gasteiger partial charge in [0.05, 0.1) is 0 Å². The van der Waals surface area contributed by atoms with Crippen molar-refractivity contribution < 1.29 is 9.90 Å².